The topological polar surface area (TPSA) is 47.6 Å². The van der Waals surface area contributed by atoms with Crippen molar-refractivity contribution in [2.24, 2.45) is 0 Å². The van der Waals surface area contributed by atoms with Crippen LogP contribution >= 0.6 is 0 Å². The summed E-state index contributed by atoms with van der Waals surface area (Å²) >= 11 is 0. The third kappa shape index (κ3) is 8.77. The highest BCUT2D eigenvalue weighted by molar-refractivity contribution is 5.80. The van der Waals surface area contributed by atoms with E-state index in [-0.39, 0.29) is 24.5 Å². The maximum absolute atomic E-state index is 12.0. The lowest BCUT2D eigenvalue weighted by Gasteiger charge is -2.21. The summed E-state index contributed by atoms with van der Waals surface area (Å²) in [6.07, 6.45) is -4.73. The van der Waals surface area contributed by atoms with Crippen molar-refractivity contribution in [2.75, 3.05) is 19.8 Å². The molecule has 1 atom stereocenters. The van der Waals surface area contributed by atoms with Gasteiger partial charge >= 0.3 is 6.18 Å². The van der Waals surface area contributed by atoms with Crippen molar-refractivity contribution in [2.45, 2.75) is 51.8 Å². The first-order valence-corrected chi connectivity index (χ1v) is 8.18. The summed E-state index contributed by atoms with van der Waals surface area (Å²) in [6, 6.07) is 7.55. The van der Waals surface area contributed by atoms with Crippen molar-refractivity contribution in [3.8, 4) is 5.75 Å². The van der Waals surface area contributed by atoms with Crippen molar-refractivity contribution in [1.29, 1.82) is 0 Å². The molecule has 0 aliphatic carbocycles. The molecular formula is C18H26F3NO3. The molecule has 1 unspecified atom stereocenters. The summed E-state index contributed by atoms with van der Waals surface area (Å²) in [4.78, 5) is 12.0. The minimum absolute atomic E-state index is 0.0265. The quantitative estimate of drug-likeness (QED) is 0.716. The second-order valence-electron chi connectivity index (χ2n) is 6.85. The molecular weight excluding hydrogens is 335 g/mol. The summed E-state index contributed by atoms with van der Waals surface area (Å²) in [7, 11) is 0. The standard InChI is InChI=1S/C18H26F3NO3/c1-13(16(23)22-9-6-10-24-12-18(19,20)21)25-15-8-5-7-14(11-15)17(2,3)4/h5,7-8,11,13H,6,9-10,12H2,1-4H3,(H,22,23). The van der Waals surface area contributed by atoms with Crippen LogP contribution in [0.15, 0.2) is 24.3 Å². The van der Waals surface area contributed by atoms with E-state index in [1.165, 1.54) is 0 Å². The number of amides is 1. The summed E-state index contributed by atoms with van der Waals surface area (Å²) in [5.41, 5.74) is 1.07. The third-order valence-corrected chi connectivity index (χ3v) is 3.41. The highest BCUT2D eigenvalue weighted by atomic mass is 19.4. The minimum Gasteiger partial charge on any atom is -0.481 e. The average molecular weight is 361 g/mol. The van der Waals surface area contributed by atoms with E-state index in [4.69, 9.17) is 4.74 Å². The summed E-state index contributed by atoms with van der Waals surface area (Å²) in [5, 5.41) is 2.62. The van der Waals surface area contributed by atoms with Crippen LogP contribution in [0.5, 0.6) is 5.75 Å². The third-order valence-electron chi connectivity index (χ3n) is 3.41. The highest BCUT2D eigenvalue weighted by Gasteiger charge is 2.27. The summed E-state index contributed by atoms with van der Waals surface area (Å²) in [6.45, 7) is 6.77. The van der Waals surface area contributed by atoms with Crippen LogP contribution in [0, 0.1) is 0 Å². The number of carbonyl (C=O) groups is 1. The van der Waals surface area contributed by atoms with Crippen molar-refractivity contribution in [3.05, 3.63) is 29.8 Å². The molecule has 4 nitrogen and oxygen atoms in total. The molecule has 0 saturated carbocycles. The fraction of sp³-hybridized carbons (Fsp3) is 0.611. The predicted octanol–water partition coefficient (Wildman–Crippen LogP) is 3.84. The van der Waals surface area contributed by atoms with Gasteiger partial charge in [0.25, 0.3) is 5.91 Å². The Morgan fingerprint density at radius 1 is 1.24 bits per heavy atom. The van der Waals surface area contributed by atoms with Crippen LogP contribution in [0.2, 0.25) is 0 Å². The van der Waals surface area contributed by atoms with Gasteiger partial charge in [0.1, 0.15) is 12.4 Å². The number of ether oxygens (including phenoxy) is 2. The van der Waals surface area contributed by atoms with Gasteiger partial charge in [0.05, 0.1) is 0 Å². The van der Waals surface area contributed by atoms with Gasteiger partial charge in [-0.2, -0.15) is 13.2 Å². The molecule has 142 valence electrons. The molecule has 0 radical (unpaired) electrons. The first-order valence-electron chi connectivity index (χ1n) is 8.18. The van der Waals surface area contributed by atoms with Gasteiger partial charge in [-0.3, -0.25) is 4.79 Å². The second kappa shape index (κ2) is 9.08. The van der Waals surface area contributed by atoms with Gasteiger partial charge in [-0.15, -0.1) is 0 Å². The number of benzene rings is 1. The number of nitrogens with one attached hydrogen (secondary N) is 1. The van der Waals surface area contributed by atoms with Crippen LogP contribution in [0.25, 0.3) is 0 Å². The monoisotopic (exact) mass is 361 g/mol. The molecule has 25 heavy (non-hydrogen) atoms. The van der Waals surface area contributed by atoms with Crippen LogP contribution in [0.3, 0.4) is 0 Å². The van der Waals surface area contributed by atoms with Crippen LogP contribution in [-0.2, 0) is 14.9 Å². The lowest BCUT2D eigenvalue weighted by Crippen LogP contribution is -2.37. The number of rotatable bonds is 8. The Balaban J connectivity index is 2.35. The molecule has 0 aliphatic heterocycles. The number of carbonyl (C=O) groups excluding carboxylic acids is 1. The lowest BCUT2D eigenvalue weighted by molar-refractivity contribution is -0.174. The van der Waals surface area contributed by atoms with Crippen molar-refractivity contribution < 1.29 is 27.4 Å². The molecule has 0 fully saturated rings. The normalized spacial score (nSPS) is 13.4. The number of alkyl halides is 3. The SMILES string of the molecule is CC(Oc1cccc(C(C)(C)C)c1)C(=O)NCCCOCC(F)(F)F. The Kier molecular flexibility index (Phi) is 7.73. The molecule has 1 aromatic rings. The van der Waals surface area contributed by atoms with Gasteiger partial charge < -0.3 is 14.8 Å². The zero-order chi connectivity index (χ0) is 19.1. The first-order chi connectivity index (χ1) is 11.5. The van der Waals surface area contributed by atoms with Crippen molar-refractivity contribution in [1.82, 2.24) is 5.32 Å². The van der Waals surface area contributed by atoms with Crippen molar-refractivity contribution >= 4 is 5.91 Å². The average Bonchev–Trinajstić information content (AvgIpc) is 2.48. The van der Waals surface area contributed by atoms with E-state index in [2.05, 4.69) is 30.8 Å². The van der Waals surface area contributed by atoms with Crippen LogP contribution in [0.1, 0.15) is 39.7 Å². The predicted molar refractivity (Wildman–Crippen MR) is 89.7 cm³/mol. The van der Waals surface area contributed by atoms with Gasteiger partial charge in [0, 0.05) is 13.2 Å². The minimum atomic E-state index is -4.33. The number of hydrogen-bond donors (Lipinski definition) is 1. The van der Waals surface area contributed by atoms with Gasteiger partial charge in [0.2, 0.25) is 0 Å². The highest BCUT2D eigenvalue weighted by Crippen LogP contribution is 2.26. The van der Waals surface area contributed by atoms with E-state index >= 15 is 0 Å². The van der Waals surface area contributed by atoms with Gasteiger partial charge in [-0.05, 0) is 36.5 Å². The molecule has 1 amide bonds. The van der Waals surface area contributed by atoms with E-state index in [1.807, 2.05) is 18.2 Å². The fourth-order valence-electron chi connectivity index (χ4n) is 2.01. The Hall–Kier alpha value is -1.76. The molecule has 1 aromatic carbocycles. The zero-order valence-corrected chi connectivity index (χ0v) is 15.1. The summed E-state index contributed by atoms with van der Waals surface area (Å²) < 4.78 is 45.8. The molecule has 1 N–H and O–H groups in total. The smallest absolute Gasteiger partial charge is 0.411 e. The molecule has 1 rings (SSSR count). The van der Waals surface area contributed by atoms with Crippen LogP contribution in [0.4, 0.5) is 13.2 Å². The Bertz CT molecular complexity index is 553. The van der Waals surface area contributed by atoms with E-state index in [1.54, 1.807) is 13.0 Å². The van der Waals surface area contributed by atoms with E-state index in [0.29, 0.717) is 12.2 Å². The van der Waals surface area contributed by atoms with E-state index < -0.39 is 18.9 Å². The van der Waals surface area contributed by atoms with Crippen LogP contribution < -0.4 is 10.1 Å². The molecule has 0 bridgehead atoms. The van der Waals surface area contributed by atoms with Crippen LogP contribution in [-0.4, -0.2) is 37.9 Å². The Morgan fingerprint density at radius 3 is 2.52 bits per heavy atom. The molecule has 0 spiro atoms. The molecule has 0 heterocycles. The Morgan fingerprint density at radius 2 is 1.92 bits per heavy atom. The van der Waals surface area contributed by atoms with E-state index in [0.717, 1.165) is 5.56 Å². The molecule has 0 aromatic heterocycles. The maximum atomic E-state index is 12.0. The van der Waals surface area contributed by atoms with Crippen molar-refractivity contribution in [3.63, 3.8) is 0 Å². The maximum Gasteiger partial charge on any atom is 0.411 e. The fourth-order valence-corrected chi connectivity index (χ4v) is 2.01. The molecule has 7 heteroatoms. The Labute approximate surface area is 146 Å². The number of hydrogen-bond acceptors (Lipinski definition) is 3. The molecule has 0 saturated heterocycles. The van der Waals surface area contributed by atoms with Gasteiger partial charge in [0.15, 0.2) is 6.10 Å². The van der Waals surface area contributed by atoms with Gasteiger partial charge in [-0.1, -0.05) is 32.9 Å². The number of halogens is 3. The van der Waals surface area contributed by atoms with Gasteiger partial charge in [-0.25, -0.2) is 0 Å². The van der Waals surface area contributed by atoms with E-state index in [9.17, 15) is 18.0 Å². The zero-order valence-electron chi connectivity index (χ0n) is 15.1. The first kappa shape index (κ1) is 21.3. The largest absolute Gasteiger partial charge is 0.481 e. The molecule has 0 aliphatic rings. The second-order valence-corrected chi connectivity index (χ2v) is 6.85. The summed E-state index contributed by atoms with van der Waals surface area (Å²) in [5.74, 6) is 0.278. The lowest BCUT2D eigenvalue weighted by atomic mass is 9.87.